The highest BCUT2D eigenvalue weighted by Crippen LogP contribution is 2.14. The molecule has 0 N–H and O–H groups in total. The van der Waals surface area contributed by atoms with Gasteiger partial charge < -0.3 is 14.4 Å². The molecule has 2 rings (SSSR count). The highest BCUT2D eigenvalue weighted by Gasteiger charge is 2.23. The molecule has 116 valence electrons. The number of esters is 1. The first-order valence-electron chi connectivity index (χ1n) is 6.86. The molecule has 0 bridgehead atoms. The van der Waals surface area contributed by atoms with Crippen LogP contribution in [0.5, 0.6) is 0 Å². The van der Waals surface area contributed by atoms with Gasteiger partial charge in [-0.3, -0.25) is 9.59 Å². The van der Waals surface area contributed by atoms with E-state index in [4.69, 9.17) is 4.74 Å². The highest BCUT2D eigenvalue weighted by molar-refractivity contribution is 5.77. The predicted octanol–water partition coefficient (Wildman–Crippen LogP) is -0.756. The average Bonchev–Trinajstić information content (AvgIpc) is 3.16. The Morgan fingerprint density at radius 3 is 3.00 bits per heavy atom. The fourth-order valence-corrected chi connectivity index (χ4v) is 2.17. The van der Waals surface area contributed by atoms with Gasteiger partial charge in [-0.25, -0.2) is 4.68 Å². The van der Waals surface area contributed by atoms with Crippen molar-refractivity contribution in [2.75, 3.05) is 26.8 Å². The Kier molecular flexibility index (Phi) is 5.61. The molecular formula is C12H19N5O4. The second-order valence-electron chi connectivity index (χ2n) is 4.81. The molecule has 1 aromatic heterocycles. The van der Waals surface area contributed by atoms with Crippen molar-refractivity contribution >= 4 is 11.9 Å². The first-order valence-corrected chi connectivity index (χ1v) is 6.86. The Labute approximate surface area is 122 Å². The maximum atomic E-state index is 12.3. The van der Waals surface area contributed by atoms with Gasteiger partial charge in [0.05, 0.1) is 19.6 Å². The van der Waals surface area contributed by atoms with Crippen molar-refractivity contribution in [1.29, 1.82) is 0 Å². The third-order valence-corrected chi connectivity index (χ3v) is 3.30. The molecule has 1 fully saturated rings. The number of amides is 1. The number of nitrogens with zero attached hydrogens (tertiary/aromatic N) is 5. The zero-order chi connectivity index (χ0) is 15.1. The molecule has 1 aliphatic rings. The summed E-state index contributed by atoms with van der Waals surface area (Å²) in [4.78, 5) is 25.2. The zero-order valence-corrected chi connectivity index (χ0v) is 12.0. The normalized spacial score (nSPS) is 17.7. The van der Waals surface area contributed by atoms with Crippen molar-refractivity contribution < 1.29 is 19.1 Å². The molecule has 0 radical (unpaired) electrons. The topological polar surface area (TPSA) is 99.4 Å². The number of carbonyl (C=O) groups excluding carboxylic acids is 2. The Balaban J connectivity index is 1.92. The molecular weight excluding hydrogens is 278 g/mol. The Hall–Kier alpha value is -2.03. The van der Waals surface area contributed by atoms with Crippen molar-refractivity contribution in [3.8, 4) is 0 Å². The van der Waals surface area contributed by atoms with Crippen LogP contribution >= 0.6 is 0 Å². The number of ether oxygens (including phenoxy) is 2. The lowest BCUT2D eigenvalue weighted by Gasteiger charge is -2.25. The van der Waals surface area contributed by atoms with Crippen LogP contribution in [0.25, 0.3) is 0 Å². The van der Waals surface area contributed by atoms with Gasteiger partial charge >= 0.3 is 5.97 Å². The summed E-state index contributed by atoms with van der Waals surface area (Å²) in [5, 5.41) is 10.6. The second-order valence-corrected chi connectivity index (χ2v) is 4.81. The summed E-state index contributed by atoms with van der Waals surface area (Å²) in [7, 11) is 1.33. The second kappa shape index (κ2) is 7.67. The Morgan fingerprint density at radius 1 is 1.52 bits per heavy atom. The van der Waals surface area contributed by atoms with Crippen LogP contribution in [-0.2, 0) is 25.6 Å². The Bertz CT molecular complexity index is 458. The molecule has 9 nitrogen and oxygen atoms in total. The number of hydrogen-bond donors (Lipinski definition) is 0. The van der Waals surface area contributed by atoms with E-state index in [1.165, 1.54) is 18.1 Å². The fourth-order valence-electron chi connectivity index (χ4n) is 2.17. The van der Waals surface area contributed by atoms with Crippen molar-refractivity contribution in [3.05, 3.63) is 6.33 Å². The van der Waals surface area contributed by atoms with Crippen LogP contribution in [0, 0.1) is 0 Å². The van der Waals surface area contributed by atoms with E-state index >= 15 is 0 Å². The van der Waals surface area contributed by atoms with Crippen molar-refractivity contribution in [2.24, 2.45) is 0 Å². The largest absolute Gasteiger partial charge is 0.469 e. The fraction of sp³-hybridized carbons (Fsp3) is 0.750. The molecule has 0 aliphatic carbocycles. The van der Waals surface area contributed by atoms with E-state index in [1.807, 2.05) is 0 Å². The molecule has 0 aromatic carbocycles. The number of aromatic nitrogens is 4. The summed E-state index contributed by atoms with van der Waals surface area (Å²) >= 11 is 0. The average molecular weight is 297 g/mol. The minimum atomic E-state index is -0.345. The molecule has 0 saturated carbocycles. The van der Waals surface area contributed by atoms with E-state index in [0.29, 0.717) is 13.1 Å². The van der Waals surface area contributed by atoms with Crippen LogP contribution < -0.4 is 0 Å². The standard InChI is InChI=1S/C12H19N5O4/c1-20-12(19)4-5-16(7-10-3-2-6-21-10)11(18)8-17-9-13-14-15-17/h9-10H,2-8H2,1H3. The minimum absolute atomic E-state index is 0.0282. The molecule has 0 spiro atoms. The third-order valence-electron chi connectivity index (χ3n) is 3.30. The SMILES string of the molecule is COC(=O)CCN(CC1CCCO1)C(=O)Cn1cnnn1. The maximum absolute atomic E-state index is 12.3. The maximum Gasteiger partial charge on any atom is 0.307 e. The quantitative estimate of drug-likeness (QED) is 0.610. The van der Waals surface area contributed by atoms with Crippen molar-refractivity contribution in [2.45, 2.75) is 31.9 Å². The summed E-state index contributed by atoms with van der Waals surface area (Å²) in [5.74, 6) is -0.496. The first-order chi connectivity index (χ1) is 10.2. The third kappa shape index (κ3) is 4.78. The molecule has 2 heterocycles. The van der Waals surface area contributed by atoms with Gasteiger partial charge in [0, 0.05) is 19.7 Å². The van der Waals surface area contributed by atoms with Gasteiger partial charge in [0.2, 0.25) is 5.91 Å². The van der Waals surface area contributed by atoms with Gasteiger partial charge in [-0.1, -0.05) is 0 Å². The van der Waals surface area contributed by atoms with E-state index in [2.05, 4.69) is 20.3 Å². The first kappa shape index (κ1) is 15.4. The molecule has 1 unspecified atom stereocenters. The van der Waals surface area contributed by atoms with E-state index in [-0.39, 0.29) is 30.9 Å². The Morgan fingerprint density at radius 2 is 2.38 bits per heavy atom. The molecule has 21 heavy (non-hydrogen) atoms. The minimum Gasteiger partial charge on any atom is -0.469 e. The van der Waals surface area contributed by atoms with Crippen LogP contribution in [-0.4, -0.2) is 69.9 Å². The highest BCUT2D eigenvalue weighted by atomic mass is 16.5. The van der Waals surface area contributed by atoms with Gasteiger partial charge in [-0.05, 0) is 23.3 Å². The summed E-state index contributed by atoms with van der Waals surface area (Å²) in [5.41, 5.74) is 0. The van der Waals surface area contributed by atoms with Crippen LogP contribution in [0.1, 0.15) is 19.3 Å². The van der Waals surface area contributed by atoms with Gasteiger partial charge in [-0.15, -0.1) is 5.10 Å². The van der Waals surface area contributed by atoms with Gasteiger partial charge in [0.1, 0.15) is 12.9 Å². The summed E-state index contributed by atoms with van der Waals surface area (Å²) in [6.07, 6.45) is 3.48. The van der Waals surface area contributed by atoms with E-state index in [1.54, 1.807) is 4.90 Å². The lowest BCUT2D eigenvalue weighted by Crippen LogP contribution is -2.40. The monoisotopic (exact) mass is 297 g/mol. The number of methoxy groups -OCH3 is 1. The van der Waals surface area contributed by atoms with Crippen molar-refractivity contribution in [3.63, 3.8) is 0 Å². The molecule has 9 heteroatoms. The molecule has 1 atom stereocenters. The van der Waals surface area contributed by atoms with E-state index < -0.39 is 0 Å². The molecule has 1 aromatic rings. The summed E-state index contributed by atoms with van der Waals surface area (Å²) < 4.78 is 11.5. The number of tetrazole rings is 1. The summed E-state index contributed by atoms with van der Waals surface area (Å²) in [6.45, 7) is 1.53. The summed E-state index contributed by atoms with van der Waals surface area (Å²) in [6, 6.07) is 0. The molecule has 1 amide bonds. The van der Waals surface area contributed by atoms with Crippen molar-refractivity contribution in [1.82, 2.24) is 25.1 Å². The van der Waals surface area contributed by atoms with Gasteiger partial charge in [0.15, 0.2) is 0 Å². The van der Waals surface area contributed by atoms with Crippen LogP contribution in [0.4, 0.5) is 0 Å². The molecule has 1 aliphatic heterocycles. The number of hydrogen-bond acceptors (Lipinski definition) is 7. The lowest BCUT2D eigenvalue weighted by atomic mass is 10.2. The smallest absolute Gasteiger partial charge is 0.307 e. The van der Waals surface area contributed by atoms with Crippen LogP contribution in [0.2, 0.25) is 0 Å². The van der Waals surface area contributed by atoms with Gasteiger partial charge in [-0.2, -0.15) is 0 Å². The van der Waals surface area contributed by atoms with E-state index in [9.17, 15) is 9.59 Å². The number of rotatable bonds is 7. The predicted molar refractivity (Wildman–Crippen MR) is 70.0 cm³/mol. The lowest BCUT2D eigenvalue weighted by molar-refractivity contribution is -0.142. The van der Waals surface area contributed by atoms with E-state index in [0.717, 1.165) is 19.4 Å². The van der Waals surface area contributed by atoms with Crippen LogP contribution in [0.15, 0.2) is 6.33 Å². The van der Waals surface area contributed by atoms with Gasteiger partial charge in [0.25, 0.3) is 0 Å². The van der Waals surface area contributed by atoms with Crippen LogP contribution in [0.3, 0.4) is 0 Å². The zero-order valence-electron chi connectivity index (χ0n) is 12.0. The number of carbonyl (C=O) groups is 2. The molecule has 1 saturated heterocycles.